The highest BCUT2D eigenvalue weighted by Gasteiger charge is 2.19. The minimum atomic E-state index is -0.913. The lowest BCUT2D eigenvalue weighted by atomic mass is 10.0. The SMILES string of the molecule is CCCCCCCCCc1ccc(OCCOCC(O)CN(C)CC(=O)OC(=O)CN(C)CC(O)COC(CCl)COCCOc2ccc(CCCCCCCCC)cc2)cc1. The summed E-state index contributed by atoms with van der Waals surface area (Å²) >= 11 is 6.07. The normalized spacial score (nSPS) is 13.0. The first-order valence-corrected chi connectivity index (χ1v) is 23.9. The van der Waals surface area contributed by atoms with Crippen molar-refractivity contribution in [2.45, 2.75) is 135 Å². The summed E-state index contributed by atoms with van der Waals surface area (Å²) in [6, 6.07) is 16.4. The summed E-state index contributed by atoms with van der Waals surface area (Å²) in [5.74, 6) is 0.268. The summed E-state index contributed by atoms with van der Waals surface area (Å²) in [5.41, 5.74) is 2.64. The van der Waals surface area contributed by atoms with Gasteiger partial charge in [-0.1, -0.05) is 115 Å². The molecule has 13 heteroatoms. The fourth-order valence-corrected chi connectivity index (χ4v) is 7.10. The molecule has 0 aromatic heterocycles. The molecule has 0 spiro atoms. The third kappa shape index (κ3) is 29.5. The lowest BCUT2D eigenvalue weighted by Gasteiger charge is -2.22. The van der Waals surface area contributed by atoms with Crippen molar-refractivity contribution >= 4 is 23.5 Å². The summed E-state index contributed by atoms with van der Waals surface area (Å²) < 4.78 is 33.5. The van der Waals surface area contributed by atoms with Crippen molar-refractivity contribution in [3.8, 4) is 11.5 Å². The Hall–Kier alpha value is -2.81. The Morgan fingerprint density at radius 2 is 0.968 bits per heavy atom. The lowest BCUT2D eigenvalue weighted by molar-refractivity contribution is -0.161. The zero-order valence-corrected chi connectivity index (χ0v) is 39.3. The van der Waals surface area contributed by atoms with Gasteiger partial charge in [0.25, 0.3) is 0 Å². The number of esters is 2. The molecule has 0 heterocycles. The van der Waals surface area contributed by atoms with E-state index in [1.807, 2.05) is 24.3 Å². The molecule has 62 heavy (non-hydrogen) atoms. The first-order chi connectivity index (χ1) is 30.1. The molecule has 0 aliphatic rings. The number of unbranched alkanes of at least 4 members (excludes halogenated alkanes) is 12. The number of aryl methyl sites for hydroxylation is 2. The summed E-state index contributed by atoms with van der Waals surface area (Å²) in [4.78, 5) is 27.9. The number of carbonyl (C=O) groups is 2. The number of hydrogen-bond acceptors (Lipinski definition) is 12. The van der Waals surface area contributed by atoms with Crippen molar-refractivity contribution in [2.24, 2.45) is 0 Å². The zero-order valence-electron chi connectivity index (χ0n) is 38.6. The monoisotopic (exact) mass is 893 g/mol. The van der Waals surface area contributed by atoms with E-state index in [9.17, 15) is 19.8 Å². The number of carbonyl (C=O) groups excluding carboxylic acids is 2. The molecule has 0 radical (unpaired) electrons. The Balaban J connectivity index is 1.48. The second-order valence-electron chi connectivity index (χ2n) is 16.5. The average molecular weight is 894 g/mol. The number of alkyl halides is 1. The molecule has 0 amide bonds. The van der Waals surface area contributed by atoms with Gasteiger partial charge >= 0.3 is 11.9 Å². The standard InChI is InChI=1S/C49H81ClN2O10/c1-5-7-9-11-13-15-17-19-41-21-25-45(26-22-41)59-31-29-57-38-43(53)34-51(3)36-48(55)62-49(56)37-52(4)35-44(54)39-61-47(33-50)40-58-30-32-60-46-27-23-42(24-28-46)20-18-16-14-12-10-8-6-2/h21-28,43-44,47,53-54H,5-20,29-40H2,1-4H3. The molecular weight excluding hydrogens is 812 g/mol. The van der Waals surface area contributed by atoms with E-state index >= 15 is 0 Å². The van der Waals surface area contributed by atoms with E-state index in [0.29, 0.717) is 26.4 Å². The summed E-state index contributed by atoms with van der Waals surface area (Å²) in [6.45, 7) is 6.02. The minimum Gasteiger partial charge on any atom is -0.491 e. The average Bonchev–Trinajstić information content (AvgIpc) is 3.24. The summed E-state index contributed by atoms with van der Waals surface area (Å²) in [7, 11) is 3.27. The molecule has 354 valence electrons. The van der Waals surface area contributed by atoms with Crippen molar-refractivity contribution in [1.29, 1.82) is 0 Å². The van der Waals surface area contributed by atoms with Crippen LogP contribution in [0, 0.1) is 0 Å². The lowest BCUT2D eigenvalue weighted by Crippen LogP contribution is -2.39. The first-order valence-electron chi connectivity index (χ1n) is 23.3. The van der Waals surface area contributed by atoms with Gasteiger partial charge < -0.3 is 38.6 Å². The number of likely N-dealkylation sites (N-methyl/N-ethyl adjacent to an activating group) is 2. The van der Waals surface area contributed by atoms with Gasteiger partial charge in [0.15, 0.2) is 0 Å². The Bertz CT molecular complexity index is 1390. The van der Waals surface area contributed by atoms with E-state index in [1.165, 1.54) is 106 Å². The Labute approximate surface area is 378 Å². The van der Waals surface area contributed by atoms with Crippen molar-refractivity contribution in [3.05, 3.63) is 59.7 Å². The maximum absolute atomic E-state index is 12.4. The molecule has 3 atom stereocenters. The van der Waals surface area contributed by atoms with Gasteiger partial charge in [0.05, 0.1) is 70.3 Å². The molecule has 0 bridgehead atoms. The number of benzene rings is 2. The fourth-order valence-electron chi connectivity index (χ4n) is 6.92. The van der Waals surface area contributed by atoms with Gasteiger partial charge in [-0.25, -0.2) is 0 Å². The molecule has 0 saturated carbocycles. The van der Waals surface area contributed by atoms with Crippen LogP contribution in [0.3, 0.4) is 0 Å². The van der Waals surface area contributed by atoms with Gasteiger partial charge in [-0.3, -0.25) is 19.4 Å². The van der Waals surface area contributed by atoms with Crippen molar-refractivity contribution in [1.82, 2.24) is 9.80 Å². The summed E-state index contributed by atoms with van der Waals surface area (Å²) in [5, 5.41) is 20.9. The first kappa shape index (κ1) is 55.3. The largest absolute Gasteiger partial charge is 0.491 e. The molecule has 0 fully saturated rings. The predicted octanol–water partition coefficient (Wildman–Crippen LogP) is 8.04. The van der Waals surface area contributed by atoms with Gasteiger partial charge in [-0.15, -0.1) is 11.6 Å². The second kappa shape index (κ2) is 36.5. The van der Waals surface area contributed by atoms with Crippen molar-refractivity contribution < 1.29 is 48.2 Å². The minimum absolute atomic E-state index is 0.0160. The molecule has 0 aliphatic heterocycles. The molecule has 0 saturated heterocycles. The van der Waals surface area contributed by atoms with E-state index in [1.54, 1.807) is 19.0 Å². The van der Waals surface area contributed by atoms with Crippen LogP contribution in [0.1, 0.15) is 115 Å². The molecule has 2 N–H and O–H groups in total. The van der Waals surface area contributed by atoms with Crippen LogP contribution < -0.4 is 9.47 Å². The second-order valence-corrected chi connectivity index (χ2v) is 16.8. The quantitative estimate of drug-likeness (QED) is 0.0290. The van der Waals surface area contributed by atoms with Crippen LogP contribution in [0.15, 0.2) is 48.5 Å². The third-order valence-corrected chi connectivity index (χ3v) is 10.7. The highest BCUT2D eigenvalue weighted by atomic mass is 35.5. The molecule has 2 aromatic carbocycles. The topological polar surface area (TPSA) is 136 Å². The Morgan fingerprint density at radius 1 is 0.565 bits per heavy atom. The highest BCUT2D eigenvalue weighted by Crippen LogP contribution is 2.17. The van der Waals surface area contributed by atoms with Gasteiger partial charge in [-0.05, 0) is 75.2 Å². The molecule has 2 aromatic rings. The predicted molar refractivity (Wildman–Crippen MR) is 247 cm³/mol. The van der Waals surface area contributed by atoms with Crippen LogP contribution in [0.2, 0.25) is 0 Å². The summed E-state index contributed by atoms with van der Waals surface area (Å²) in [6.07, 6.45) is 18.2. The molecular formula is C49H81ClN2O10. The number of ether oxygens (including phenoxy) is 6. The molecule has 2 rings (SSSR count). The van der Waals surface area contributed by atoms with Crippen LogP contribution in [-0.4, -0.2) is 143 Å². The van der Waals surface area contributed by atoms with Gasteiger partial charge in [0, 0.05) is 13.1 Å². The number of aliphatic hydroxyl groups excluding tert-OH is 2. The highest BCUT2D eigenvalue weighted by molar-refractivity contribution is 6.18. The van der Waals surface area contributed by atoms with Crippen LogP contribution in [0.4, 0.5) is 0 Å². The van der Waals surface area contributed by atoms with Crippen LogP contribution in [0.25, 0.3) is 0 Å². The maximum atomic E-state index is 12.4. The van der Waals surface area contributed by atoms with Crippen molar-refractivity contribution in [3.63, 3.8) is 0 Å². The van der Waals surface area contributed by atoms with Gasteiger partial charge in [0.2, 0.25) is 0 Å². The number of aliphatic hydroxyl groups is 2. The molecule has 12 nitrogen and oxygen atoms in total. The van der Waals surface area contributed by atoms with E-state index < -0.39 is 30.3 Å². The fraction of sp³-hybridized carbons (Fsp3) is 0.714. The number of nitrogens with zero attached hydrogens (tertiary/aromatic N) is 2. The Kier molecular flexibility index (Phi) is 32.6. The van der Waals surface area contributed by atoms with E-state index in [0.717, 1.165) is 24.3 Å². The van der Waals surface area contributed by atoms with Crippen LogP contribution >= 0.6 is 11.6 Å². The van der Waals surface area contributed by atoms with Crippen LogP contribution in [0.5, 0.6) is 11.5 Å². The Morgan fingerprint density at radius 3 is 1.40 bits per heavy atom. The molecule has 0 aliphatic carbocycles. The number of hydrogen-bond donors (Lipinski definition) is 2. The molecule has 3 unspecified atom stereocenters. The zero-order chi connectivity index (χ0) is 45.0. The number of halogens is 1. The van der Waals surface area contributed by atoms with Crippen LogP contribution in [-0.2, 0) is 41.4 Å². The maximum Gasteiger partial charge on any atom is 0.327 e. The van der Waals surface area contributed by atoms with Crippen molar-refractivity contribution in [2.75, 3.05) is 92.4 Å². The van der Waals surface area contributed by atoms with E-state index in [2.05, 4.69) is 38.1 Å². The van der Waals surface area contributed by atoms with E-state index in [4.69, 9.17) is 40.0 Å². The third-order valence-electron chi connectivity index (χ3n) is 10.4. The smallest absolute Gasteiger partial charge is 0.327 e. The van der Waals surface area contributed by atoms with Gasteiger partial charge in [-0.2, -0.15) is 0 Å². The number of rotatable bonds is 40. The van der Waals surface area contributed by atoms with E-state index in [-0.39, 0.29) is 51.9 Å². The van der Waals surface area contributed by atoms with Gasteiger partial charge in [0.1, 0.15) is 24.7 Å².